The van der Waals surface area contributed by atoms with Gasteiger partial charge in [-0.15, -0.1) is 0 Å². The van der Waals surface area contributed by atoms with E-state index in [1.807, 2.05) is 55.6 Å². The molecule has 0 unspecified atom stereocenters. The summed E-state index contributed by atoms with van der Waals surface area (Å²) < 4.78 is 6.03. The van der Waals surface area contributed by atoms with E-state index in [0.29, 0.717) is 5.69 Å². The van der Waals surface area contributed by atoms with Gasteiger partial charge < -0.3 is 4.42 Å². The number of nitrogens with zero attached hydrogens (tertiary/aromatic N) is 2. The van der Waals surface area contributed by atoms with Crippen LogP contribution in [0.1, 0.15) is 5.56 Å². The van der Waals surface area contributed by atoms with Crippen molar-refractivity contribution in [3.05, 3.63) is 71.7 Å². The fourth-order valence-electron chi connectivity index (χ4n) is 2.69. The molecule has 0 bridgehead atoms. The zero-order valence-corrected chi connectivity index (χ0v) is 12.0. The van der Waals surface area contributed by atoms with Gasteiger partial charge in [-0.25, -0.2) is 4.85 Å². The van der Waals surface area contributed by atoms with E-state index in [0.717, 1.165) is 38.8 Å². The molecule has 3 nitrogen and oxygen atoms in total. The van der Waals surface area contributed by atoms with Gasteiger partial charge in [-0.3, -0.25) is 4.98 Å². The summed E-state index contributed by atoms with van der Waals surface area (Å²) in [5.74, 6) is 0. The van der Waals surface area contributed by atoms with Gasteiger partial charge in [0.2, 0.25) is 0 Å². The predicted octanol–water partition coefficient (Wildman–Crippen LogP) is 5.51. The number of aromatic nitrogens is 1. The van der Waals surface area contributed by atoms with Crippen LogP contribution in [-0.2, 0) is 0 Å². The third-order valence-corrected chi connectivity index (χ3v) is 3.80. The molecule has 4 rings (SSSR count). The van der Waals surface area contributed by atoms with Crippen molar-refractivity contribution in [3.8, 4) is 11.3 Å². The minimum Gasteiger partial charge on any atom is -0.457 e. The minimum atomic E-state index is 0.585. The lowest BCUT2D eigenvalue weighted by Crippen LogP contribution is -1.84. The number of aryl methyl sites for hydroxylation is 1. The number of benzene rings is 2. The van der Waals surface area contributed by atoms with E-state index in [2.05, 4.69) is 9.83 Å². The predicted molar refractivity (Wildman–Crippen MR) is 88.0 cm³/mol. The first-order valence-corrected chi connectivity index (χ1v) is 7.02. The quantitative estimate of drug-likeness (QED) is 0.431. The Balaban J connectivity index is 2.04. The zero-order valence-electron chi connectivity index (χ0n) is 12.0. The van der Waals surface area contributed by atoms with Gasteiger partial charge in [-0.1, -0.05) is 30.3 Å². The van der Waals surface area contributed by atoms with Gasteiger partial charge in [-0.2, -0.15) is 0 Å². The molecule has 0 saturated carbocycles. The second kappa shape index (κ2) is 4.71. The summed E-state index contributed by atoms with van der Waals surface area (Å²) >= 11 is 0. The normalized spacial score (nSPS) is 10.9. The largest absolute Gasteiger partial charge is 0.457 e. The van der Waals surface area contributed by atoms with Crippen molar-refractivity contribution in [2.45, 2.75) is 6.92 Å². The van der Waals surface area contributed by atoms with Gasteiger partial charge >= 0.3 is 0 Å². The molecule has 0 aliphatic carbocycles. The van der Waals surface area contributed by atoms with Crippen molar-refractivity contribution < 1.29 is 4.42 Å². The van der Waals surface area contributed by atoms with Crippen molar-refractivity contribution in [3.63, 3.8) is 0 Å². The molecule has 104 valence electrons. The summed E-state index contributed by atoms with van der Waals surface area (Å²) in [5.41, 5.74) is 5.13. The maximum absolute atomic E-state index is 7.12. The highest BCUT2D eigenvalue weighted by Crippen LogP contribution is 2.36. The number of para-hydroxylation sites is 1. The van der Waals surface area contributed by atoms with Crippen LogP contribution in [-0.4, -0.2) is 4.98 Å². The first-order valence-electron chi connectivity index (χ1n) is 7.02. The molecule has 0 amide bonds. The van der Waals surface area contributed by atoms with Crippen LogP contribution >= 0.6 is 0 Å². The number of furan rings is 1. The van der Waals surface area contributed by atoms with E-state index in [1.54, 1.807) is 6.07 Å². The second-order valence-corrected chi connectivity index (χ2v) is 5.30. The van der Waals surface area contributed by atoms with E-state index < -0.39 is 0 Å². The molecule has 2 aromatic carbocycles. The number of rotatable bonds is 1. The van der Waals surface area contributed by atoms with Gasteiger partial charge in [0.1, 0.15) is 11.2 Å². The van der Waals surface area contributed by atoms with Crippen LogP contribution in [0, 0.1) is 13.5 Å². The topological polar surface area (TPSA) is 30.4 Å². The summed E-state index contributed by atoms with van der Waals surface area (Å²) in [6.07, 6.45) is 1.86. The summed E-state index contributed by atoms with van der Waals surface area (Å²) in [6, 6.07) is 15.7. The van der Waals surface area contributed by atoms with Gasteiger partial charge in [0, 0.05) is 22.5 Å². The number of fused-ring (bicyclic) bond motifs is 3. The molecule has 0 radical (unpaired) electrons. The Bertz CT molecular complexity index is 1040. The minimum absolute atomic E-state index is 0.585. The van der Waals surface area contributed by atoms with E-state index >= 15 is 0 Å². The Kier molecular flexibility index (Phi) is 2.70. The molecule has 0 spiro atoms. The lowest BCUT2D eigenvalue weighted by Gasteiger charge is -2.02. The van der Waals surface area contributed by atoms with Gasteiger partial charge in [-0.05, 0) is 30.7 Å². The molecule has 0 fully saturated rings. The lowest BCUT2D eigenvalue weighted by molar-refractivity contribution is 0.670. The first kappa shape index (κ1) is 12.6. The van der Waals surface area contributed by atoms with Crippen LogP contribution < -0.4 is 0 Å². The monoisotopic (exact) mass is 284 g/mol. The highest BCUT2D eigenvalue weighted by Gasteiger charge is 2.12. The molecule has 0 N–H and O–H groups in total. The van der Waals surface area contributed by atoms with E-state index in [9.17, 15) is 0 Å². The molecule has 3 heteroatoms. The highest BCUT2D eigenvalue weighted by molar-refractivity contribution is 6.09. The third-order valence-electron chi connectivity index (χ3n) is 3.80. The number of hydrogen-bond donors (Lipinski definition) is 0. The second-order valence-electron chi connectivity index (χ2n) is 5.30. The van der Waals surface area contributed by atoms with E-state index in [4.69, 9.17) is 11.0 Å². The maximum atomic E-state index is 7.12. The molecule has 0 atom stereocenters. The standard InChI is InChI=1S/C19H12N2O/c1-12-6-9-17(21-11-12)16-5-3-4-15-14-8-7-13(20-2)10-18(14)22-19(15)16/h3-11H,1H3. The fourth-order valence-corrected chi connectivity index (χ4v) is 2.69. The molecular weight excluding hydrogens is 272 g/mol. The molecule has 2 aromatic heterocycles. The van der Waals surface area contributed by atoms with Crippen molar-refractivity contribution in [1.82, 2.24) is 4.98 Å². The van der Waals surface area contributed by atoms with Crippen LogP contribution in [0.15, 0.2) is 59.1 Å². The van der Waals surface area contributed by atoms with Crippen molar-refractivity contribution in [1.29, 1.82) is 0 Å². The van der Waals surface area contributed by atoms with E-state index in [-0.39, 0.29) is 0 Å². The van der Waals surface area contributed by atoms with Crippen LogP contribution in [0.4, 0.5) is 5.69 Å². The Hall–Kier alpha value is -3.12. The van der Waals surface area contributed by atoms with Crippen LogP contribution in [0.5, 0.6) is 0 Å². The lowest BCUT2D eigenvalue weighted by atomic mass is 10.1. The summed E-state index contributed by atoms with van der Waals surface area (Å²) in [6.45, 7) is 9.14. The number of pyridine rings is 1. The highest BCUT2D eigenvalue weighted by atomic mass is 16.3. The van der Waals surface area contributed by atoms with Gasteiger partial charge in [0.15, 0.2) is 5.69 Å². The Morgan fingerprint density at radius 2 is 1.95 bits per heavy atom. The first-order chi connectivity index (χ1) is 10.8. The summed E-state index contributed by atoms with van der Waals surface area (Å²) in [4.78, 5) is 7.95. The molecular formula is C19H12N2O. The van der Waals surface area contributed by atoms with Crippen LogP contribution in [0.25, 0.3) is 38.0 Å². The third kappa shape index (κ3) is 1.86. The fraction of sp³-hybridized carbons (Fsp3) is 0.0526. The zero-order chi connectivity index (χ0) is 15.1. The molecule has 0 aliphatic rings. The van der Waals surface area contributed by atoms with Crippen LogP contribution in [0.3, 0.4) is 0 Å². The number of hydrogen-bond acceptors (Lipinski definition) is 2. The van der Waals surface area contributed by atoms with Gasteiger partial charge in [0.25, 0.3) is 0 Å². The molecule has 2 heterocycles. The SMILES string of the molecule is [C-]#[N+]c1ccc2c(c1)oc1c(-c3ccc(C)cn3)cccc12. The smallest absolute Gasteiger partial charge is 0.190 e. The summed E-state index contributed by atoms with van der Waals surface area (Å²) in [5, 5.41) is 2.07. The Morgan fingerprint density at radius 3 is 2.73 bits per heavy atom. The van der Waals surface area contributed by atoms with Crippen LogP contribution in [0.2, 0.25) is 0 Å². The van der Waals surface area contributed by atoms with Crippen molar-refractivity contribution in [2.75, 3.05) is 0 Å². The van der Waals surface area contributed by atoms with Gasteiger partial charge in [0.05, 0.1) is 12.3 Å². The molecule has 4 aromatic rings. The average molecular weight is 284 g/mol. The summed E-state index contributed by atoms with van der Waals surface area (Å²) in [7, 11) is 0. The molecule has 22 heavy (non-hydrogen) atoms. The Labute approximate surface area is 127 Å². The van der Waals surface area contributed by atoms with E-state index in [1.165, 1.54) is 0 Å². The molecule has 0 saturated heterocycles. The van der Waals surface area contributed by atoms with Crippen molar-refractivity contribution in [2.24, 2.45) is 0 Å². The maximum Gasteiger partial charge on any atom is 0.190 e. The van der Waals surface area contributed by atoms with Crippen molar-refractivity contribution >= 4 is 27.6 Å². The Morgan fingerprint density at radius 1 is 1.05 bits per heavy atom. The molecule has 0 aliphatic heterocycles. The average Bonchev–Trinajstić information content (AvgIpc) is 2.93.